The highest BCUT2D eigenvalue weighted by molar-refractivity contribution is 7.99. The summed E-state index contributed by atoms with van der Waals surface area (Å²) in [5.41, 5.74) is 1.14. The number of rotatable bonds is 3. The number of carbonyl (C=O) groups is 2. The number of thioether (sulfide) groups is 1. The molecule has 2 heterocycles. The average Bonchev–Trinajstić information content (AvgIpc) is 2.93. The molecule has 1 unspecified atom stereocenters. The first-order valence-electron chi connectivity index (χ1n) is 6.93. The molecule has 1 aromatic carbocycles. The molecule has 0 N–H and O–H groups in total. The molecule has 1 aromatic rings. The van der Waals surface area contributed by atoms with Crippen LogP contribution in [0.25, 0.3) is 0 Å². The van der Waals surface area contributed by atoms with Crippen molar-refractivity contribution >= 4 is 23.6 Å². The third-order valence-corrected chi connectivity index (χ3v) is 4.92. The van der Waals surface area contributed by atoms with E-state index in [0.29, 0.717) is 19.6 Å². The Morgan fingerprint density at radius 3 is 2.40 bits per heavy atom. The molecule has 2 amide bonds. The predicted octanol–water partition coefficient (Wildman–Crippen LogP) is 1.36. The Bertz CT molecular complexity index is 482. The van der Waals surface area contributed by atoms with Gasteiger partial charge in [0, 0.05) is 18.3 Å². The Morgan fingerprint density at radius 1 is 1.10 bits per heavy atom. The number of hydrogen-bond donors (Lipinski definition) is 0. The van der Waals surface area contributed by atoms with E-state index in [9.17, 15) is 9.59 Å². The van der Waals surface area contributed by atoms with Crippen LogP contribution in [0.2, 0.25) is 0 Å². The van der Waals surface area contributed by atoms with Gasteiger partial charge in [-0.3, -0.25) is 19.4 Å². The molecule has 20 heavy (non-hydrogen) atoms. The molecule has 1 atom stereocenters. The molecule has 0 radical (unpaired) electrons. The van der Waals surface area contributed by atoms with Crippen molar-refractivity contribution in [3.63, 3.8) is 0 Å². The summed E-state index contributed by atoms with van der Waals surface area (Å²) in [4.78, 5) is 27.9. The van der Waals surface area contributed by atoms with Crippen molar-refractivity contribution in [3.05, 3.63) is 35.9 Å². The zero-order valence-electron chi connectivity index (χ0n) is 11.3. The summed E-state index contributed by atoms with van der Waals surface area (Å²) in [5, 5.41) is 0. The minimum absolute atomic E-state index is 0.0373. The van der Waals surface area contributed by atoms with E-state index in [0.717, 1.165) is 23.5 Å². The molecule has 3 rings (SSSR count). The van der Waals surface area contributed by atoms with E-state index in [2.05, 4.69) is 0 Å². The normalized spacial score (nSPS) is 24.4. The molecule has 4 nitrogen and oxygen atoms in total. The Kier molecular flexibility index (Phi) is 4.08. The van der Waals surface area contributed by atoms with Crippen LogP contribution < -0.4 is 0 Å². The lowest BCUT2D eigenvalue weighted by atomic mass is 10.1. The van der Waals surface area contributed by atoms with Gasteiger partial charge < -0.3 is 0 Å². The number of carbonyl (C=O) groups excluding carboxylic acids is 2. The fraction of sp³-hybridized carbons (Fsp3) is 0.467. The largest absolute Gasteiger partial charge is 0.281 e. The second-order valence-electron chi connectivity index (χ2n) is 5.31. The van der Waals surface area contributed by atoms with Crippen molar-refractivity contribution in [1.82, 2.24) is 9.80 Å². The fourth-order valence-electron chi connectivity index (χ4n) is 2.82. The van der Waals surface area contributed by atoms with Crippen molar-refractivity contribution < 1.29 is 9.59 Å². The smallest absolute Gasteiger partial charge is 0.243 e. The molecule has 2 saturated heterocycles. The number of amides is 2. The van der Waals surface area contributed by atoms with Crippen molar-refractivity contribution in [2.45, 2.75) is 19.0 Å². The van der Waals surface area contributed by atoms with Gasteiger partial charge in [0.05, 0.1) is 13.1 Å². The zero-order valence-corrected chi connectivity index (χ0v) is 12.1. The molecule has 0 bridgehead atoms. The lowest BCUT2D eigenvalue weighted by Crippen LogP contribution is -2.57. The first-order chi connectivity index (χ1) is 9.74. The Morgan fingerprint density at radius 2 is 1.80 bits per heavy atom. The van der Waals surface area contributed by atoms with Gasteiger partial charge in [-0.2, -0.15) is 11.8 Å². The summed E-state index contributed by atoms with van der Waals surface area (Å²) in [5.74, 6) is 1.88. The quantitative estimate of drug-likeness (QED) is 0.788. The summed E-state index contributed by atoms with van der Waals surface area (Å²) in [6.07, 6.45) is 0.945. The van der Waals surface area contributed by atoms with Crippen molar-refractivity contribution in [3.8, 4) is 0 Å². The van der Waals surface area contributed by atoms with Crippen molar-refractivity contribution in [2.24, 2.45) is 0 Å². The molecule has 2 aliphatic heterocycles. The van der Waals surface area contributed by atoms with Gasteiger partial charge in [0.1, 0.15) is 0 Å². The second kappa shape index (κ2) is 5.97. The summed E-state index contributed by atoms with van der Waals surface area (Å²) in [6, 6.07) is 10.1. The van der Waals surface area contributed by atoms with E-state index < -0.39 is 0 Å². The predicted molar refractivity (Wildman–Crippen MR) is 79.3 cm³/mol. The highest BCUT2D eigenvalue weighted by Crippen LogP contribution is 2.24. The molecule has 0 aromatic heterocycles. The molecule has 2 fully saturated rings. The van der Waals surface area contributed by atoms with Gasteiger partial charge in [0.15, 0.2) is 0 Å². The van der Waals surface area contributed by atoms with Crippen LogP contribution in [0.15, 0.2) is 30.3 Å². The van der Waals surface area contributed by atoms with E-state index in [1.165, 1.54) is 4.90 Å². The summed E-state index contributed by atoms with van der Waals surface area (Å²) >= 11 is 1.82. The van der Waals surface area contributed by atoms with E-state index in [1.807, 2.05) is 47.0 Å². The minimum Gasteiger partial charge on any atom is -0.281 e. The minimum atomic E-state index is -0.0373. The van der Waals surface area contributed by atoms with E-state index in [4.69, 9.17) is 0 Å². The van der Waals surface area contributed by atoms with Crippen LogP contribution >= 0.6 is 11.8 Å². The molecule has 0 spiro atoms. The van der Waals surface area contributed by atoms with Gasteiger partial charge in [-0.25, -0.2) is 0 Å². The summed E-state index contributed by atoms with van der Waals surface area (Å²) in [6.45, 7) is 1.36. The van der Waals surface area contributed by atoms with E-state index in [1.54, 1.807) is 0 Å². The van der Waals surface area contributed by atoms with Crippen LogP contribution in [0, 0.1) is 0 Å². The van der Waals surface area contributed by atoms with E-state index >= 15 is 0 Å². The number of imide groups is 1. The SMILES string of the molecule is O=C1CN(Cc2ccccc2)CC(=O)N1C1CCSC1. The van der Waals surface area contributed by atoms with Gasteiger partial charge in [-0.05, 0) is 17.7 Å². The van der Waals surface area contributed by atoms with Crippen LogP contribution in [0.5, 0.6) is 0 Å². The Balaban J connectivity index is 1.65. The number of benzene rings is 1. The van der Waals surface area contributed by atoms with Gasteiger partial charge in [-0.15, -0.1) is 0 Å². The molecular formula is C15H18N2O2S. The van der Waals surface area contributed by atoms with Crippen LogP contribution in [-0.4, -0.2) is 52.3 Å². The van der Waals surface area contributed by atoms with Gasteiger partial charge >= 0.3 is 0 Å². The van der Waals surface area contributed by atoms with Crippen LogP contribution in [0.3, 0.4) is 0 Å². The first kappa shape index (κ1) is 13.6. The molecular weight excluding hydrogens is 272 g/mol. The van der Waals surface area contributed by atoms with Crippen molar-refractivity contribution in [1.29, 1.82) is 0 Å². The topological polar surface area (TPSA) is 40.6 Å². The highest BCUT2D eigenvalue weighted by atomic mass is 32.2. The molecule has 5 heteroatoms. The number of hydrogen-bond acceptors (Lipinski definition) is 4. The molecule has 106 valence electrons. The summed E-state index contributed by atoms with van der Waals surface area (Å²) in [7, 11) is 0. The maximum atomic E-state index is 12.2. The van der Waals surface area contributed by atoms with E-state index in [-0.39, 0.29) is 17.9 Å². The van der Waals surface area contributed by atoms with Crippen LogP contribution in [-0.2, 0) is 16.1 Å². The first-order valence-corrected chi connectivity index (χ1v) is 8.08. The monoisotopic (exact) mass is 290 g/mol. The van der Waals surface area contributed by atoms with Crippen LogP contribution in [0.4, 0.5) is 0 Å². The third-order valence-electron chi connectivity index (χ3n) is 3.77. The van der Waals surface area contributed by atoms with Gasteiger partial charge in [0.25, 0.3) is 0 Å². The van der Waals surface area contributed by atoms with Crippen molar-refractivity contribution in [2.75, 3.05) is 24.6 Å². The Labute approximate surface area is 123 Å². The summed E-state index contributed by atoms with van der Waals surface area (Å²) < 4.78 is 0. The zero-order chi connectivity index (χ0) is 13.9. The fourth-order valence-corrected chi connectivity index (χ4v) is 4.01. The molecule has 0 aliphatic carbocycles. The average molecular weight is 290 g/mol. The third kappa shape index (κ3) is 2.88. The lowest BCUT2D eigenvalue weighted by Gasteiger charge is -2.35. The van der Waals surface area contributed by atoms with Gasteiger partial charge in [-0.1, -0.05) is 30.3 Å². The Hall–Kier alpha value is -1.33. The number of nitrogens with zero attached hydrogens (tertiary/aromatic N) is 2. The highest BCUT2D eigenvalue weighted by Gasteiger charge is 2.37. The maximum absolute atomic E-state index is 12.2. The van der Waals surface area contributed by atoms with Crippen LogP contribution in [0.1, 0.15) is 12.0 Å². The maximum Gasteiger partial charge on any atom is 0.243 e. The number of piperazine rings is 1. The standard InChI is InChI=1S/C15H18N2O2S/c18-14-9-16(8-12-4-2-1-3-5-12)10-15(19)17(14)13-6-7-20-11-13/h1-5,13H,6-11H2. The molecule has 0 saturated carbocycles. The van der Waals surface area contributed by atoms with Gasteiger partial charge in [0.2, 0.25) is 11.8 Å². The second-order valence-corrected chi connectivity index (χ2v) is 6.46. The molecule has 2 aliphatic rings. The lowest BCUT2D eigenvalue weighted by molar-refractivity contribution is -0.153.